The molecule has 3 aliphatic rings. The maximum absolute atomic E-state index is 12.6. The average molecular weight is 346 g/mol. The SMILES string of the molecule is O=C1S/C(=C\c2ccc3c(c2)OCO3)C(=O)N1CN1CCCCC1. The number of amides is 2. The number of rotatable bonds is 3. The van der Waals surface area contributed by atoms with Crippen molar-refractivity contribution >= 4 is 29.0 Å². The van der Waals surface area contributed by atoms with E-state index in [-0.39, 0.29) is 17.9 Å². The molecule has 126 valence electrons. The first-order valence-electron chi connectivity index (χ1n) is 8.08. The summed E-state index contributed by atoms with van der Waals surface area (Å²) in [5.74, 6) is 1.15. The van der Waals surface area contributed by atoms with Crippen LogP contribution >= 0.6 is 11.8 Å². The number of piperidine rings is 1. The van der Waals surface area contributed by atoms with Crippen LogP contribution in [0.2, 0.25) is 0 Å². The fourth-order valence-electron chi connectivity index (χ4n) is 3.08. The van der Waals surface area contributed by atoms with Crippen LogP contribution in [-0.2, 0) is 4.79 Å². The second-order valence-corrected chi connectivity index (χ2v) is 7.04. The largest absolute Gasteiger partial charge is 0.454 e. The Bertz CT molecular complexity index is 713. The summed E-state index contributed by atoms with van der Waals surface area (Å²) < 4.78 is 10.6. The monoisotopic (exact) mass is 346 g/mol. The first kappa shape index (κ1) is 15.5. The summed E-state index contributed by atoms with van der Waals surface area (Å²) in [6, 6.07) is 5.49. The first-order valence-corrected chi connectivity index (χ1v) is 8.90. The van der Waals surface area contributed by atoms with Crippen molar-refractivity contribution in [1.29, 1.82) is 0 Å². The van der Waals surface area contributed by atoms with E-state index in [9.17, 15) is 9.59 Å². The maximum Gasteiger partial charge on any atom is 0.294 e. The van der Waals surface area contributed by atoms with E-state index in [1.54, 1.807) is 6.08 Å². The first-order chi connectivity index (χ1) is 11.7. The van der Waals surface area contributed by atoms with Crippen LogP contribution in [0.5, 0.6) is 11.5 Å². The zero-order chi connectivity index (χ0) is 16.5. The Labute approximate surface area is 144 Å². The highest BCUT2D eigenvalue weighted by atomic mass is 32.2. The molecule has 4 rings (SSSR count). The number of imide groups is 1. The standard InChI is InChI=1S/C17H18N2O4S/c20-16-15(9-12-4-5-13-14(8-12)23-11-22-13)24-17(21)19(16)10-18-6-2-1-3-7-18/h4-5,8-9H,1-3,6-7,10-11H2/b15-9-. The molecule has 0 atom stereocenters. The summed E-state index contributed by atoms with van der Waals surface area (Å²) in [6.07, 6.45) is 5.22. The summed E-state index contributed by atoms with van der Waals surface area (Å²) in [4.78, 5) is 28.7. The van der Waals surface area contributed by atoms with Gasteiger partial charge in [-0.3, -0.25) is 19.4 Å². The van der Waals surface area contributed by atoms with Crippen LogP contribution in [0.1, 0.15) is 24.8 Å². The highest BCUT2D eigenvalue weighted by molar-refractivity contribution is 8.18. The zero-order valence-electron chi connectivity index (χ0n) is 13.2. The second kappa shape index (κ2) is 6.49. The van der Waals surface area contributed by atoms with Gasteiger partial charge in [0.05, 0.1) is 11.6 Å². The number of likely N-dealkylation sites (tertiary alicyclic amines) is 1. The third kappa shape index (κ3) is 3.01. The number of thioether (sulfide) groups is 1. The zero-order valence-corrected chi connectivity index (χ0v) is 14.0. The average Bonchev–Trinajstić information content (AvgIpc) is 3.16. The summed E-state index contributed by atoms with van der Waals surface area (Å²) >= 11 is 0.998. The van der Waals surface area contributed by atoms with E-state index in [0.29, 0.717) is 23.1 Å². The lowest BCUT2D eigenvalue weighted by atomic mass is 10.1. The molecule has 2 saturated heterocycles. The van der Waals surface area contributed by atoms with Crippen LogP contribution in [0.15, 0.2) is 23.1 Å². The van der Waals surface area contributed by atoms with Crippen LogP contribution in [0, 0.1) is 0 Å². The molecule has 7 heteroatoms. The number of hydrogen-bond donors (Lipinski definition) is 0. The van der Waals surface area contributed by atoms with Crippen molar-refractivity contribution < 1.29 is 19.1 Å². The van der Waals surface area contributed by atoms with Crippen molar-refractivity contribution in [2.45, 2.75) is 19.3 Å². The Morgan fingerprint density at radius 2 is 1.88 bits per heavy atom. The number of carbonyl (C=O) groups is 2. The van der Waals surface area contributed by atoms with Crippen LogP contribution in [0.3, 0.4) is 0 Å². The van der Waals surface area contributed by atoms with Crippen LogP contribution < -0.4 is 9.47 Å². The van der Waals surface area contributed by atoms with Gasteiger partial charge in [0.2, 0.25) is 6.79 Å². The van der Waals surface area contributed by atoms with E-state index < -0.39 is 0 Å². The smallest absolute Gasteiger partial charge is 0.294 e. The molecule has 0 spiro atoms. The van der Waals surface area contributed by atoms with Crippen LogP contribution in [-0.4, -0.2) is 47.5 Å². The number of benzene rings is 1. The highest BCUT2D eigenvalue weighted by Gasteiger charge is 2.36. The lowest BCUT2D eigenvalue weighted by Crippen LogP contribution is -2.42. The lowest BCUT2D eigenvalue weighted by molar-refractivity contribution is -0.124. The molecule has 2 fully saturated rings. The van der Waals surface area contributed by atoms with Gasteiger partial charge in [-0.15, -0.1) is 0 Å². The molecule has 0 saturated carbocycles. The minimum Gasteiger partial charge on any atom is -0.454 e. The van der Waals surface area contributed by atoms with Gasteiger partial charge >= 0.3 is 0 Å². The van der Waals surface area contributed by atoms with Crippen molar-refractivity contribution in [3.8, 4) is 11.5 Å². The quantitative estimate of drug-likeness (QED) is 0.785. The van der Waals surface area contributed by atoms with Gasteiger partial charge in [-0.1, -0.05) is 12.5 Å². The Morgan fingerprint density at radius 3 is 2.71 bits per heavy atom. The molecule has 1 aromatic carbocycles. The predicted molar refractivity (Wildman–Crippen MR) is 90.7 cm³/mol. The fourth-order valence-corrected chi connectivity index (χ4v) is 3.91. The molecule has 3 heterocycles. The summed E-state index contributed by atoms with van der Waals surface area (Å²) in [5.41, 5.74) is 0.822. The molecule has 0 unspecified atom stereocenters. The molecule has 6 nitrogen and oxygen atoms in total. The van der Waals surface area contributed by atoms with Crippen LogP contribution in [0.4, 0.5) is 4.79 Å². The topological polar surface area (TPSA) is 59.1 Å². The van der Waals surface area contributed by atoms with E-state index in [0.717, 1.165) is 43.3 Å². The molecule has 0 aliphatic carbocycles. The van der Waals surface area contributed by atoms with Crippen molar-refractivity contribution in [3.63, 3.8) is 0 Å². The van der Waals surface area contributed by atoms with E-state index >= 15 is 0 Å². The third-order valence-electron chi connectivity index (χ3n) is 4.36. The Morgan fingerprint density at radius 1 is 1.08 bits per heavy atom. The predicted octanol–water partition coefficient (Wildman–Crippen LogP) is 2.90. The molecule has 0 aromatic heterocycles. The molecule has 3 aliphatic heterocycles. The number of hydrogen-bond acceptors (Lipinski definition) is 6. The molecule has 0 bridgehead atoms. The van der Waals surface area contributed by atoms with E-state index in [1.807, 2.05) is 18.2 Å². The molecular weight excluding hydrogens is 328 g/mol. The van der Waals surface area contributed by atoms with Gasteiger partial charge < -0.3 is 9.47 Å². The Balaban J connectivity index is 1.50. The number of ether oxygens (including phenoxy) is 2. The van der Waals surface area contributed by atoms with Gasteiger partial charge in [0.25, 0.3) is 11.1 Å². The van der Waals surface area contributed by atoms with Crippen molar-refractivity contribution in [2.75, 3.05) is 26.6 Å². The van der Waals surface area contributed by atoms with Crippen molar-refractivity contribution in [3.05, 3.63) is 28.7 Å². The second-order valence-electron chi connectivity index (χ2n) is 6.04. The minimum absolute atomic E-state index is 0.197. The Hall–Kier alpha value is -1.99. The molecular formula is C17H18N2O4S. The minimum atomic E-state index is -0.215. The molecule has 24 heavy (non-hydrogen) atoms. The van der Waals surface area contributed by atoms with Gasteiger partial charge in [-0.05, 0) is 61.5 Å². The summed E-state index contributed by atoms with van der Waals surface area (Å²) in [5, 5.41) is -0.197. The van der Waals surface area contributed by atoms with Gasteiger partial charge in [0.15, 0.2) is 11.5 Å². The van der Waals surface area contributed by atoms with E-state index in [1.165, 1.54) is 11.3 Å². The van der Waals surface area contributed by atoms with Crippen molar-refractivity contribution in [1.82, 2.24) is 9.80 Å². The summed E-state index contributed by atoms with van der Waals surface area (Å²) in [6.45, 7) is 2.50. The summed E-state index contributed by atoms with van der Waals surface area (Å²) in [7, 11) is 0. The number of carbonyl (C=O) groups excluding carboxylic acids is 2. The lowest BCUT2D eigenvalue weighted by Gasteiger charge is -2.29. The van der Waals surface area contributed by atoms with E-state index in [2.05, 4.69) is 4.90 Å². The molecule has 0 N–H and O–H groups in total. The van der Waals surface area contributed by atoms with Gasteiger partial charge in [0, 0.05) is 0 Å². The number of fused-ring (bicyclic) bond motifs is 1. The highest BCUT2D eigenvalue weighted by Crippen LogP contribution is 2.36. The third-order valence-corrected chi connectivity index (χ3v) is 5.27. The maximum atomic E-state index is 12.6. The molecule has 2 amide bonds. The number of nitrogens with zero attached hydrogens (tertiary/aromatic N) is 2. The van der Waals surface area contributed by atoms with Crippen molar-refractivity contribution in [2.24, 2.45) is 0 Å². The van der Waals surface area contributed by atoms with E-state index in [4.69, 9.17) is 9.47 Å². The van der Waals surface area contributed by atoms with Crippen LogP contribution in [0.25, 0.3) is 6.08 Å². The van der Waals surface area contributed by atoms with Gasteiger partial charge in [-0.25, -0.2) is 0 Å². The normalized spacial score (nSPS) is 22.7. The molecule has 0 radical (unpaired) electrons. The van der Waals surface area contributed by atoms with Gasteiger partial charge in [0.1, 0.15) is 0 Å². The van der Waals surface area contributed by atoms with Gasteiger partial charge in [-0.2, -0.15) is 0 Å². The Kier molecular flexibility index (Phi) is 4.20. The molecule has 1 aromatic rings. The fraction of sp³-hybridized carbons (Fsp3) is 0.412.